The minimum Gasteiger partial charge on any atom is -0.481 e. The van der Waals surface area contributed by atoms with Crippen LogP contribution in [0, 0.1) is 28.6 Å². The van der Waals surface area contributed by atoms with Gasteiger partial charge in [0.2, 0.25) is 0 Å². The first kappa shape index (κ1) is 14.9. The van der Waals surface area contributed by atoms with Gasteiger partial charge in [-0.25, -0.2) is 0 Å². The van der Waals surface area contributed by atoms with E-state index in [-0.39, 0.29) is 5.41 Å². The van der Waals surface area contributed by atoms with Gasteiger partial charge in [-0.1, -0.05) is 31.1 Å². The van der Waals surface area contributed by atoms with Crippen molar-refractivity contribution in [1.82, 2.24) is 0 Å². The Morgan fingerprint density at radius 3 is 2.76 bits per heavy atom. The lowest BCUT2D eigenvalue weighted by Crippen LogP contribution is -2.53. The highest BCUT2D eigenvalue weighted by molar-refractivity contribution is 5.75. The zero-order valence-electron chi connectivity index (χ0n) is 13.4. The zero-order chi connectivity index (χ0) is 15.3. The van der Waals surface area contributed by atoms with Crippen molar-refractivity contribution >= 4 is 5.97 Å². The Kier molecular flexibility index (Phi) is 3.54. The molecule has 116 valence electrons. The third kappa shape index (κ3) is 2.10. The summed E-state index contributed by atoms with van der Waals surface area (Å²) in [6.45, 7) is 8.33. The summed E-state index contributed by atoms with van der Waals surface area (Å²) < 4.78 is 0. The maximum Gasteiger partial charge on any atom is 0.309 e. The molecule has 2 fully saturated rings. The molecule has 0 aromatic carbocycles. The van der Waals surface area contributed by atoms with Gasteiger partial charge in [-0.15, -0.1) is 6.58 Å². The van der Waals surface area contributed by atoms with Crippen LogP contribution in [0.1, 0.15) is 58.8 Å². The van der Waals surface area contributed by atoms with Crippen molar-refractivity contribution in [1.29, 1.82) is 0 Å². The fourth-order valence-corrected chi connectivity index (χ4v) is 5.76. The van der Waals surface area contributed by atoms with E-state index in [2.05, 4.69) is 25.7 Å². The van der Waals surface area contributed by atoms with Crippen molar-refractivity contribution in [2.75, 3.05) is 0 Å². The summed E-state index contributed by atoms with van der Waals surface area (Å²) >= 11 is 0. The van der Waals surface area contributed by atoms with Gasteiger partial charge in [0.25, 0.3) is 0 Å². The molecule has 3 unspecified atom stereocenters. The number of fused-ring (bicyclic) bond motifs is 3. The van der Waals surface area contributed by atoms with Gasteiger partial charge in [-0.05, 0) is 68.6 Å². The number of hydrogen-bond acceptors (Lipinski definition) is 1. The van der Waals surface area contributed by atoms with Crippen LogP contribution in [-0.2, 0) is 4.79 Å². The number of hydrogen-bond donors (Lipinski definition) is 1. The van der Waals surface area contributed by atoms with Gasteiger partial charge < -0.3 is 5.11 Å². The maximum atomic E-state index is 11.9. The summed E-state index contributed by atoms with van der Waals surface area (Å²) in [6, 6.07) is 0. The molecule has 0 radical (unpaired) electrons. The van der Waals surface area contributed by atoms with Crippen LogP contribution in [0.5, 0.6) is 0 Å². The van der Waals surface area contributed by atoms with Crippen LogP contribution < -0.4 is 0 Å². The second kappa shape index (κ2) is 5.00. The molecule has 2 nitrogen and oxygen atoms in total. The summed E-state index contributed by atoms with van der Waals surface area (Å²) in [5.74, 6) is 0.890. The molecule has 3 aliphatic rings. The third-order valence-electron chi connectivity index (χ3n) is 6.95. The van der Waals surface area contributed by atoms with Gasteiger partial charge in [0.05, 0.1) is 5.41 Å². The standard InChI is InChI=1S/C19H28O2/c1-4-13-6-8-15-14(12-13)7-9-16-18(15,2)10-5-11-19(16,3)17(20)21/h4,12-13,15-16H,1,5-11H2,2-3H3,(H,20,21)/t13?,15?,16?,18-,19-/m1/s1. The number of rotatable bonds is 2. The van der Waals surface area contributed by atoms with Gasteiger partial charge in [0, 0.05) is 0 Å². The first-order chi connectivity index (χ1) is 9.91. The van der Waals surface area contributed by atoms with E-state index in [9.17, 15) is 9.90 Å². The molecule has 0 heterocycles. The van der Waals surface area contributed by atoms with Crippen LogP contribution in [0.25, 0.3) is 0 Å². The van der Waals surface area contributed by atoms with E-state index < -0.39 is 11.4 Å². The van der Waals surface area contributed by atoms with Crippen molar-refractivity contribution in [2.24, 2.45) is 28.6 Å². The highest BCUT2D eigenvalue weighted by Crippen LogP contribution is 2.63. The smallest absolute Gasteiger partial charge is 0.309 e. The SMILES string of the molecule is C=CC1C=C2CCC3[C@](C)(CCC[C@@]3(C)C(=O)O)C2CC1. The second-order valence-electron chi connectivity index (χ2n) is 7.94. The Balaban J connectivity index is 1.97. The van der Waals surface area contributed by atoms with Crippen LogP contribution in [-0.4, -0.2) is 11.1 Å². The first-order valence-corrected chi connectivity index (χ1v) is 8.48. The summed E-state index contributed by atoms with van der Waals surface area (Å²) in [4.78, 5) is 11.9. The summed E-state index contributed by atoms with van der Waals surface area (Å²) in [5.41, 5.74) is 1.26. The lowest BCUT2D eigenvalue weighted by molar-refractivity contribution is -0.164. The average Bonchev–Trinajstić information content (AvgIpc) is 2.46. The fourth-order valence-electron chi connectivity index (χ4n) is 5.76. The van der Waals surface area contributed by atoms with E-state index in [1.807, 2.05) is 6.92 Å². The number of carboxylic acids is 1. The summed E-state index contributed by atoms with van der Waals surface area (Å²) in [6.07, 6.45) is 12.2. The molecule has 0 aromatic rings. The molecule has 3 aliphatic carbocycles. The Morgan fingerprint density at radius 2 is 2.10 bits per heavy atom. The van der Waals surface area contributed by atoms with Crippen molar-refractivity contribution in [3.8, 4) is 0 Å². The number of carboxylic acid groups (broad SMARTS) is 1. The van der Waals surface area contributed by atoms with Crippen LogP contribution in [0.15, 0.2) is 24.3 Å². The Bertz CT molecular complexity index is 492. The Morgan fingerprint density at radius 1 is 1.33 bits per heavy atom. The lowest BCUT2D eigenvalue weighted by Gasteiger charge is -2.58. The largest absolute Gasteiger partial charge is 0.481 e. The van der Waals surface area contributed by atoms with Gasteiger partial charge >= 0.3 is 5.97 Å². The van der Waals surface area contributed by atoms with Crippen molar-refractivity contribution in [3.05, 3.63) is 24.3 Å². The van der Waals surface area contributed by atoms with Crippen molar-refractivity contribution in [3.63, 3.8) is 0 Å². The predicted molar refractivity (Wildman–Crippen MR) is 84.9 cm³/mol. The van der Waals surface area contributed by atoms with Gasteiger partial charge in [-0.2, -0.15) is 0 Å². The van der Waals surface area contributed by atoms with Gasteiger partial charge in [0.1, 0.15) is 0 Å². The molecule has 0 amide bonds. The predicted octanol–water partition coefficient (Wildman–Crippen LogP) is 4.82. The molecule has 1 N–H and O–H groups in total. The fraction of sp³-hybridized carbons (Fsp3) is 0.737. The highest BCUT2D eigenvalue weighted by Gasteiger charge is 2.57. The second-order valence-corrected chi connectivity index (χ2v) is 7.94. The quantitative estimate of drug-likeness (QED) is 0.740. The van der Waals surface area contributed by atoms with Crippen LogP contribution in [0.2, 0.25) is 0 Å². The topological polar surface area (TPSA) is 37.3 Å². The van der Waals surface area contributed by atoms with Crippen molar-refractivity contribution < 1.29 is 9.90 Å². The normalized spacial score (nSPS) is 46.0. The number of aliphatic carboxylic acids is 1. The first-order valence-electron chi connectivity index (χ1n) is 8.48. The highest BCUT2D eigenvalue weighted by atomic mass is 16.4. The maximum absolute atomic E-state index is 11.9. The average molecular weight is 288 g/mol. The molecule has 3 rings (SSSR count). The van der Waals surface area contributed by atoms with Gasteiger partial charge in [-0.3, -0.25) is 4.79 Å². The van der Waals surface area contributed by atoms with E-state index in [1.54, 1.807) is 5.57 Å². The van der Waals surface area contributed by atoms with Crippen LogP contribution in [0.3, 0.4) is 0 Å². The van der Waals surface area contributed by atoms with Crippen LogP contribution >= 0.6 is 0 Å². The van der Waals surface area contributed by atoms with E-state index in [0.717, 1.165) is 25.7 Å². The Labute approximate surface area is 128 Å². The Hall–Kier alpha value is -1.05. The molecule has 0 saturated heterocycles. The molecule has 0 spiro atoms. The van der Waals surface area contributed by atoms with Crippen molar-refractivity contribution in [2.45, 2.75) is 58.8 Å². The van der Waals surface area contributed by atoms with Crippen LogP contribution in [0.4, 0.5) is 0 Å². The number of carbonyl (C=O) groups is 1. The summed E-state index contributed by atoms with van der Waals surface area (Å²) in [5, 5.41) is 9.80. The van der Waals surface area contributed by atoms with E-state index in [1.165, 1.54) is 19.3 Å². The zero-order valence-corrected chi connectivity index (χ0v) is 13.4. The van der Waals surface area contributed by atoms with E-state index in [0.29, 0.717) is 17.8 Å². The monoisotopic (exact) mass is 288 g/mol. The molecule has 0 aliphatic heterocycles. The number of allylic oxidation sites excluding steroid dienone is 3. The molecular weight excluding hydrogens is 260 g/mol. The lowest BCUT2D eigenvalue weighted by atomic mass is 9.45. The third-order valence-corrected chi connectivity index (χ3v) is 6.95. The van der Waals surface area contributed by atoms with E-state index >= 15 is 0 Å². The molecule has 21 heavy (non-hydrogen) atoms. The van der Waals surface area contributed by atoms with E-state index in [4.69, 9.17) is 0 Å². The summed E-state index contributed by atoms with van der Waals surface area (Å²) in [7, 11) is 0. The molecule has 0 aromatic heterocycles. The minimum absolute atomic E-state index is 0.182. The molecule has 5 atom stereocenters. The molecule has 0 bridgehead atoms. The van der Waals surface area contributed by atoms with Gasteiger partial charge in [0.15, 0.2) is 0 Å². The minimum atomic E-state index is -0.578. The molecule has 2 saturated carbocycles. The molecular formula is C19H28O2. The molecule has 2 heteroatoms.